The van der Waals surface area contributed by atoms with Crippen LogP contribution >= 0.6 is 0 Å². The minimum absolute atomic E-state index is 0.186. The number of rotatable bonds is 10. The van der Waals surface area contributed by atoms with Crippen LogP contribution in [0.1, 0.15) is 43.2 Å². The zero-order chi connectivity index (χ0) is 24.0. The van der Waals surface area contributed by atoms with E-state index in [4.69, 9.17) is 9.72 Å². The predicted octanol–water partition coefficient (Wildman–Crippen LogP) is 3.86. The molecule has 0 spiro atoms. The maximum absolute atomic E-state index is 13.7. The van der Waals surface area contributed by atoms with Crippen molar-refractivity contribution in [1.29, 1.82) is 0 Å². The molecule has 0 unspecified atom stereocenters. The topological polar surface area (TPSA) is 80.6 Å². The SMILES string of the molecule is CCCN(C)C(=O)c1c(N(C=O)C(C)C)nc(-c2cccnc2OC)n1Cc1ccccc1. The molecule has 3 rings (SSSR count). The number of pyridine rings is 1. The van der Waals surface area contributed by atoms with Gasteiger partial charge in [0.25, 0.3) is 5.91 Å². The first kappa shape index (κ1) is 24.0. The van der Waals surface area contributed by atoms with Gasteiger partial charge in [-0.25, -0.2) is 9.97 Å². The molecule has 0 bridgehead atoms. The van der Waals surface area contributed by atoms with E-state index in [2.05, 4.69) is 4.98 Å². The average Bonchev–Trinajstić information content (AvgIpc) is 3.17. The molecule has 0 atom stereocenters. The van der Waals surface area contributed by atoms with Crippen LogP contribution in [0.3, 0.4) is 0 Å². The van der Waals surface area contributed by atoms with Crippen LogP contribution in [0.15, 0.2) is 48.7 Å². The molecule has 0 aliphatic heterocycles. The summed E-state index contributed by atoms with van der Waals surface area (Å²) in [5.74, 6) is 1.03. The molecule has 2 heterocycles. The van der Waals surface area contributed by atoms with E-state index in [0.717, 1.165) is 18.4 Å². The Morgan fingerprint density at radius 1 is 1.18 bits per heavy atom. The number of imidazole rings is 1. The fourth-order valence-electron chi connectivity index (χ4n) is 3.71. The van der Waals surface area contributed by atoms with E-state index in [1.165, 1.54) is 4.90 Å². The number of nitrogens with zero attached hydrogens (tertiary/aromatic N) is 5. The number of aromatic nitrogens is 3. The van der Waals surface area contributed by atoms with Gasteiger partial charge in [-0.05, 0) is 38.0 Å². The average molecular weight is 450 g/mol. The Morgan fingerprint density at radius 3 is 2.52 bits per heavy atom. The van der Waals surface area contributed by atoms with Crippen LogP contribution in [0.5, 0.6) is 5.88 Å². The predicted molar refractivity (Wildman–Crippen MR) is 128 cm³/mol. The molecule has 0 N–H and O–H groups in total. The maximum Gasteiger partial charge on any atom is 0.274 e. The smallest absolute Gasteiger partial charge is 0.274 e. The largest absolute Gasteiger partial charge is 0.480 e. The Morgan fingerprint density at radius 2 is 1.91 bits per heavy atom. The molecule has 174 valence electrons. The molecular formula is C25H31N5O3. The highest BCUT2D eigenvalue weighted by Crippen LogP contribution is 2.34. The second-order valence-corrected chi connectivity index (χ2v) is 8.07. The number of carbonyl (C=O) groups excluding carboxylic acids is 2. The third-order valence-electron chi connectivity index (χ3n) is 5.36. The van der Waals surface area contributed by atoms with Crippen LogP contribution in [0.2, 0.25) is 0 Å². The van der Waals surface area contributed by atoms with Crippen molar-refractivity contribution < 1.29 is 14.3 Å². The molecule has 0 radical (unpaired) electrons. The molecular weight excluding hydrogens is 418 g/mol. The number of benzene rings is 1. The van der Waals surface area contributed by atoms with Gasteiger partial charge in [0, 0.05) is 32.4 Å². The summed E-state index contributed by atoms with van der Waals surface area (Å²) in [7, 11) is 3.31. The lowest BCUT2D eigenvalue weighted by Crippen LogP contribution is -2.35. The fourth-order valence-corrected chi connectivity index (χ4v) is 3.71. The van der Waals surface area contributed by atoms with Crippen LogP contribution in [0.4, 0.5) is 5.82 Å². The Labute approximate surface area is 194 Å². The van der Waals surface area contributed by atoms with Gasteiger partial charge in [-0.3, -0.25) is 14.5 Å². The van der Waals surface area contributed by atoms with E-state index in [1.54, 1.807) is 31.3 Å². The summed E-state index contributed by atoms with van der Waals surface area (Å²) in [4.78, 5) is 38.1. The summed E-state index contributed by atoms with van der Waals surface area (Å²) in [5.41, 5.74) is 2.00. The number of carbonyl (C=O) groups is 2. The second-order valence-electron chi connectivity index (χ2n) is 8.07. The van der Waals surface area contributed by atoms with Gasteiger partial charge in [-0.15, -0.1) is 0 Å². The van der Waals surface area contributed by atoms with Crippen LogP contribution in [0.25, 0.3) is 11.4 Å². The quantitative estimate of drug-likeness (QED) is 0.439. The van der Waals surface area contributed by atoms with Crippen LogP contribution < -0.4 is 9.64 Å². The van der Waals surface area contributed by atoms with Gasteiger partial charge in [-0.1, -0.05) is 37.3 Å². The molecule has 2 aromatic heterocycles. The van der Waals surface area contributed by atoms with Gasteiger partial charge >= 0.3 is 0 Å². The van der Waals surface area contributed by atoms with Crippen LogP contribution in [-0.4, -0.2) is 58.5 Å². The molecule has 0 saturated heterocycles. The minimum Gasteiger partial charge on any atom is -0.480 e. The van der Waals surface area contributed by atoms with Gasteiger partial charge in [0.05, 0.1) is 12.7 Å². The van der Waals surface area contributed by atoms with Crippen molar-refractivity contribution in [3.63, 3.8) is 0 Å². The minimum atomic E-state index is -0.197. The highest BCUT2D eigenvalue weighted by Gasteiger charge is 2.31. The van der Waals surface area contributed by atoms with Crippen molar-refractivity contribution in [2.45, 2.75) is 39.8 Å². The summed E-state index contributed by atoms with van der Waals surface area (Å²) in [6.07, 6.45) is 3.18. The normalized spacial score (nSPS) is 10.8. The number of amides is 2. The summed E-state index contributed by atoms with van der Waals surface area (Å²) in [6, 6.07) is 13.3. The zero-order valence-corrected chi connectivity index (χ0v) is 19.9. The van der Waals surface area contributed by atoms with Gasteiger partial charge < -0.3 is 14.2 Å². The number of anilines is 1. The number of hydrogen-bond donors (Lipinski definition) is 0. The second kappa shape index (κ2) is 10.8. The zero-order valence-electron chi connectivity index (χ0n) is 19.9. The van der Waals surface area contributed by atoms with E-state index in [1.807, 2.05) is 61.7 Å². The van der Waals surface area contributed by atoms with Crippen molar-refractivity contribution in [3.8, 4) is 17.3 Å². The van der Waals surface area contributed by atoms with E-state index in [-0.39, 0.29) is 11.9 Å². The Balaban J connectivity index is 2.34. The number of hydrogen-bond acceptors (Lipinski definition) is 5. The molecule has 1 aromatic carbocycles. The standard InChI is InChI=1S/C25H31N5O3/c1-6-15-28(4)25(32)21-23(30(17-31)18(2)3)27-22(20-13-10-14-26-24(20)33-5)29(21)16-19-11-8-7-9-12-19/h7-14,17-18H,6,15-16H2,1-5H3. The van der Waals surface area contributed by atoms with Gasteiger partial charge in [0.15, 0.2) is 11.5 Å². The van der Waals surface area contributed by atoms with E-state index < -0.39 is 0 Å². The van der Waals surface area contributed by atoms with Crippen LogP contribution in [-0.2, 0) is 11.3 Å². The molecule has 3 aromatic rings. The maximum atomic E-state index is 13.7. The monoisotopic (exact) mass is 449 g/mol. The van der Waals surface area contributed by atoms with Gasteiger partial charge in [0.1, 0.15) is 5.82 Å². The van der Waals surface area contributed by atoms with Gasteiger partial charge in [-0.2, -0.15) is 0 Å². The van der Waals surface area contributed by atoms with Crippen molar-refractivity contribution in [3.05, 3.63) is 59.9 Å². The Kier molecular flexibility index (Phi) is 7.82. The first-order chi connectivity index (χ1) is 15.9. The molecule has 0 saturated carbocycles. The Hall–Kier alpha value is -3.68. The van der Waals surface area contributed by atoms with E-state index in [0.29, 0.717) is 41.9 Å². The molecule has 2 amide bonds. The summed E-state index contributed by atoms with van der Waals surface area (Å²) >= 11 is 0. The molecule has 33 heavy (non-hydrogen) atoms. The number of methoxy groups -OCH3 is 1. The first-order valence-corrected chi connectivity index (χ1v) is 11.1. The van der Waals surface area contributed by atoms with Crippen LogP contribution in [0, 0.1) is 0 Å². The highest BCUT2D eigenvalue weighted by atomic mass is 16.5. The van der Waals surface area contributed by atoms with E-state index in [9.17, 15) is 9.59 Å². The first-order valence-electron chi connectivity index (χ1n) is 11.1. The summed E-state index contributed by atoms with van der Waals surface area (Å²) in [5, 5.41) is 0. The fraction of sp³-hybridized carbons (Fsp3) is 0.360. The van der Waals surface area contributed by atoms with Crippen molar-refractivity contribution in [1.82, 2.24) is 19.4 Å². The summed E-state index contributed by atoms with van der Waals surface area (Å²) < 4.78 is 7.35. The lowest BCUT2D eigenvalue weighted by Gasteiger charge is -2.23. The molecule has 0 aliphatic carbocycles. The highest BCUT2D eigenvalue weighted by molar-refractivity contribution is 6.00. The summed E-state index contributed by atoms with van der Waals surface area (Å²) in [6.45, 7) is 6.78. The molecule has 0 aliphatic rings. The third kappa shape index (κ3) is 5.05. The Bertz CT molecular complexity index is 1090. The molecule has 8 nitrogen and oxygen atoms in total. The van der Waals surface area contributed by atoms with E-state index >= 15 is 0 Å². The lowest BCUT2D eigenvalue weighted by molar-refractivity contribution is -0.107. The third-order valence-corrected chi connectivity index (χ3v) is 5.36. The molecule has 0 fully saturated rings. The molecule has 8 heteroatoms. The van der Waals surface area contributed by atoms with Crippen molar-refractivity contribution in [2.75, 3.05) is 25.6 Å². The van der Waals surface area contributed by atoms with Crippen molar-refractivity contribution >= 4 is 18.1 Å². The lowest BCUT2D eigenvalue weighted by atomic mass is 10.2. The van der Waals surface area contributed by atoms with Crippen molar-refractivity contribution in [2.24, 2.45) is 0 Å². The van der Waals surface area contributed by atoms with Gasteiger partial charge in [0.2, 0.25) is 12.3 Å². The number of ether oxygens (including phenoxy) is 1.